The van der Waals surface area contributed by atoms with Gasteiger partial charge in [-0.05, 0) is 66.1 Å². The summed E-state index contributed by atoms with van der Waals surface area (Å²) in [5, 5.41) is 0.715. The summed E-state index contributed by atoms with van der Waals surface area (Å²) in [4.78, 5) is 26.3. The molecular weight excluding hydrogens is 356 g/mol. The Hall–Kier alpha value is -1.93. The molecule has 0 N–H and O–H groups in total. The van der Waals surface area contributed by atoms with E-state index in [0.717, 1.165) is 59.9 Å². The number of hydrogen-bond donors (Lipinski definition) is 0. The summed E-state index contributed by atoms with van der Waals surface area (Å²) < 4.78 is 0. The molecule has 2 aliphatic rings. The number of aryl methyl sites for hydroxylation is 2. The van der Waals surface area contributed by atoms with Gasteiger partial charge in [-0.2, -0.15) is 0 Å². The maximum Gasteiger partial charge on any atom is 0.151 e. The van der Waals surface area contributed by atoms with E-state index in [0.29, 0.717) is 5.02 Å². The van der Waals surface area contributed by atoms with Gasteiger partial charge in [0.05, 0.1) is 0 Å². The lowest BCUT2D eigenvalue weighted by Crippen LogP contribution is -2.21. The Kier molecular flexibility index (Phi) is 4.94. The van der Waals surface area contributed by atoms with Gasteiger partial charge in [-0.1, -0.05) is 55.6 Å². The first-order valence-electron chi connectivity index (χ1n) is 9.98. The molecule has 0 amide bonds. The van der Waals surface area contributed by atoms with Crippen molar-refractivity contribution in [1.29, 1.82) is 0 Å². The van der Waals surface area contributed by atoms with Crippen molar-refractivity contribution in [2.75, 3.05) is 0 Å². The Morgan fingerprint density at radius 1 is 0.926 bits per heavy atom. The molecular formula is C24H25ClO2. The lowest BCUT2D eigenvalue weighted by molar-refractivity contribution is -0.125. The Morgan fingerprint density at radius 3 is 2.07 bits per heavy atom. The van der Waals surface area contributed by atoms with Crippen molar-refractivity contribution in [3.63, 3.8) is 0 Å². The molecule has 0 unspecified atom stereocenters. The molecule has 27 heavy (non-hydrogen) atoms. The molecule has 2 nitrogen and oxygen atoms in total. The standard InChI is InChI=1S/C24H25ClO2/c1-3-15-13-17(16-8-10-18(25)11-9-16)12-14(2)21(15)22-23(26)19-6-4-5-7-20(19)24(22)27/h8-13,19-20,22H,3-7H2,1-2H3/t19-,20-/m0/s1. The van der Waals surface area contributed by atoms with Crippen LogP contribution in [0.4, 0.5) is 0 Å². The minimum atomic E-state index is -0.549. The molecule has 140 valence electrons. The van der Waals surface area contributed by atoms with E-state index >= 15 is 0 Å². The van der Waals surface area contributed by atoms with Gasteiger partial charge in [0.2, 0.25) is 0 Å². The molecule has 2 aromatic carbocycles. The third-order valence-electron chi connectivity index (χ3n) is 6.39. The maximum atomic E-state index is 13.1. The first kappa shape index (κ1) is 18.4. The monoisotopic (exact) mass is 380 g/mol. The number of carbonyl (C=O) groups is 2. The van der Waals surface area contributed by atoms with Crippen LogP contribution in [-0.2, 0) is 16.0 Å². The smallest absolute Gasteiger partial charge is 0.151 e. The van der Waals surface area contributed by atoms with Crippen LogP contribution < -0.4 is 0 Å². The predicted octanol–water partition coefficient (Wildman–Crippen LogP) is 5.92. The summed E-state index contributed by atoms with van der Waals surface area (Å²) in [5.41, 5.74) is 5.34. The Bertz CT molecular complexity index is 873. The Balaban J connectivity index is 1.78. The number of rotatable bonds is 3. The molecule has 2 aliphatic carbocycles. The number of benzene rings is 2. The van der Waals surface area contributed by atoms with E-state index in [1.165, 1.54) is 0 Å². The molecule has 0 heterocycles. The number of hydrogen-bond acceptors (Lipinski definition) is 2. The van der Waals surface area contributed by atoms with E-state index in [2.05, 4.69) is 19.1 Å². The summed E-state index contributed by atoms with van der Waals surface area (Å²) in [6, 6.07) is 12.1. The third-order valence-corrected chi connectivity index (χ3v) is 6.64. The van der Waals surface area contributed by atoms with Crippen molar-refractivity contribution >= 4 is 23.2 Å². The number of fused-ring (bicyclic) bond motifs is 1. The van der Waals surface area contributed by atoms with Gasteiger partial charge in [0, 0.05) is 16.9 Å². The third kappa shape index (κ3) is 3.14. The fourth-order valence-corrected chi connectivity index (χ4v) is 5.18. The van der Waals surface area contributed by atoms with Crippen LogP contribution in [0.1, 0.15) is 55.2 Å². The summed E-state index contributed by atoms with van der Waals surface area (Å²) in [6.07, 6.45) is 4.72. The zero-order valence-corrected chi connectivity index (χ0v) is 16.7. The maximum absolute atomic E-state index is 13.1. The summed E-state index contributed by atoms with van der Waals surface area (Å²) in [7, 11) is 0. The fraction of sp³-hybridized carbons (Fsp3) is 0.417. The van der Waals surface area contributed by atoms with Crippen LogP contribution >= 0.6 is 11.6 Å². The normalized spacial score (nSPS) is 22.9. The van der Waals surface area contributed by atoms with E-state index in [9.17, 15) is 9.59 Å². The molecule has 0 aliphatic heterocycles. The fourth-order valence-electron chi connectivity index (χ4n) is 5.05. The number of halogens is 1. The second-order valence-corrected chi connectivity index (χ2v) is 8.40. The van der Waals surface area contributed by atoms with Gasteiger partial charge in [0.15, 0.2) is 11.6 Å². The average Bonchev–Trinajstić information content (AvgIpc) is 2.93. The SMILES string of the molecule is CCc1cc(-c2ccc(Cl)cc2)cc(C)c1C1C(=O)[C@H]2CCCC[C@@H]2C1=O. The highest BCUT2D eigenvalue weighted by Gasteiger charge is 2.50. The van der Waals surface area contributed by atoms with Gasteiger partial charge < -0.3 is 0 Å². The van der Waals surface area contributed by atoms with Crippen molar-refractivity contribution in [2.45, 2.75) is 51.9 Å². The predicted molar refractivity (Wildman–Crippen MR) is 109 cm³/mol. The molecule has 4 rings (SSSR count). The number of ketones is 2. The van der Waals surface area contributed by atoms with Gasteiger partial charge in [-0.25, -0.2) is 0 Å². The molecule has 3 heteroatoms. The molecule has 0 bridgehead atoms. The summed E-state index contributed by atoms with van der Waals surface area (Å²) >= 11 is 6.02. The highest BCUT2D eigenvalue weighted by atomic mass is 35.5. The topological polar surface area (TPSA) is 34.1 Å². The molecule has 0 aromatic heterocycles. The zero-order valence-electron chi connectivity index (χ0n) is 15.9. The second kappa shape index (κ2) is 7.24. The van der Waals surface area contributed by atoms with Crippen molar-refractivity contribution in [2.24, 2.45) is 11.8 Å². The van der Waals surface area contributed by atoms with Crippen LogP contribution in [0, 0.1) is 18.8 Å². The van der Waals surface area contributed by atoms with Gasteiger partial charge in [0.25, 0.3) is 0 Å². The molecule has 0 saturated heterocycles. The minimum absolute atomic E-state index is 0.0451. The van der Waals surface area contributed by atoms with Crippen molar-refractivity contribution in [1.82, 2.24) is 0 Å². The van der Waals surface area contributed by atoms with Gasteiger partial charge in [-0.3, -0.25) is 9.59 Å². The van der Waals surface area contributed by atoms with E-state index in [1.54, 1.807) is 0 Å². The Labute approximate surface area is 165 Å². The minimum Gasteiger partial charge on any atom is -0.298 e. The van der Waals surface area contributed by atoms with Crippen LogP contribution in [-0.4, -0.2) is 11.6 Å². The van der Waals surface area contributed by atoms with Crippen molar-refractivity contribution in [3.8, 4) is 11.1 Å². The largest absolute Gasteiger partial charge is 0.298 e. The lowest BCUT2D eigenvalue weighted by atomic mass is 9.81. The highest BCUT2D eigenvalue weighted by molar-refractivity contribution is 6.30. The van der Waals surface area contributed by atoms with Crippen LogP contribution in [0.5, 0.6) is 0 Å². The van der Waals surface area contributed by atoms with Gasteiger partial charge >= 0.3 is 0 Å². The van der Waals surface area contributed by atoms with Crippen LogP contribution in [0.15, 0.2) is 36.4 Å². The quantitative estimate of drug-likeness (QED) is 0.619. The lowest BCUT2D eigenvalue weighted by Gasteiger charge is -2.21. The van der Waals surface area contributed by atoms with E-state index in [-0.39, 0.29) is 23.4 Å². The Morgan fingerprint density at radius 2 is 1.52 bits per heavy atom. The molecule has 2 aromatic rings. The van der Waals surface area contributed by atoms with E-state index in [4.69, 9.17) is 11.6 Å². The van der Waals surface area contributed by atoms with Crippen LogP contribution in [0.2, 0.25) is 5.02 Å². The first-order valence-corrected chi connectivity index (χ1v) is 10.4. The number of carbonyl (C=O) groups excluding carboxylic acids is 2. The molecule has 2 saturated carbocycles. The highest BCUT2D eigenvalue weighted by Crippen LogP contribution is 2.46. The van der Waals surface area contributed by atoms with Gasteiger partial charge in [-0.15, -0.1) is 0 Å². The van der Waals surface area contributed by atoms with Crippen LogP contribution in [0.3, 0.4) is 0 Å². The molecule has 2 atom stereocenters. The van der Waals surface area contributed by atoms with Crippen molar-refractivity contribution in [3.05, 3.63) is 58.1 Å². The molecule has 0 spiro atoms. The summed E-state index contributed by atoms with van der Waals surface area (Å²) in [6.45, 7) is 4.14. The van der Waals surface area contributed by atoms with Crippen LogP contribution in [0.25, 0.3) is 11.1 Å². The first-order chi connectivity index (χ1) is 13.0. The summed E-state index contributed by atoms with van der Waals surface area (Å²) in [5.74, 6) is -0.302. The van der Waals surface area contributed by atoms with E-state index < -0.39 is 5.92 Å². The van der Waals surface area contributed by atoms with Gasteiger partial charge in [0.1, 0.15) is 5.92 Å². The zero-order chi connectivity index (χ0) is 19.1. The van der Waals surface area contributed by atoms with E-state index in [1.807, 2.05) is 31.2 Å². The average molecular weight is 381 g/mol. The number of Topliss-reactive ketones (excluding diaryl/α,β-unsaturated/α-hetero) is 2. The van der Waals surface area contributed by atoms with Crippen molar-refractivity contribution < 1.29 is 9.59 Å². The molecule has 2 fully saturated rings. The second-order valence-electron chi connectivity index (χ2n) is 7.96. The molecule has 0 radical (unpaired) electrons.